The number of alkyl halides is 3. The number of carbonyl (C=O) groups excluding carboxylic acids is 1. The van der Waals surface area contributed by atoms with Crippen LogP contribution in [0.4, 0.5) is 13.2 Å². The van der Waals surface area contributed by atoms with Gasteiger partial charge in [0.25, 0.3) is 0 Å². The molecule has 0 unspecified atom stereocenters. The van der Waals surface area contributed by atoms with Gasteiger partial charge in [0.2, 0.25) is 5.91 Å². The van der Waals surface area contributed by atoms with Crippen LogP contribution in [0.2, 0.25) is 0 Å². The number of hydrogen-bond donors (Lipinski definition) is 1. The van der Waals surface area contributed by atoms with Crippen LogP contribution in [-0.4, -0.2) is 55.9 Å². The van der Waals surface area contributed by atoms with Crippen molar-refractivity contribution in [2.24, 2.45) is 0 Å². The maximum absolute atomic E-state index is 12.1. The summed E-state index contributed by atoms with van der Waals surface area (Å²) in [6, 6.07) is 0. The van der Waals surface area contributed by atoms with Crippen LogP contribution in [-0.2, 0) is 9.53 Å². The van der Waals surface area contributed by atoms with Gasteiger partial charge in [0.1, 0.15) is 12.7 Å². The third-order valence-electron chi connectivity index (χ3n) is 4.44. The van der Waals surface area contributed by atoms with Gasteiger partial charge in [-0.05, 0) is 33.9 Å². The smallest absolute Gasteiger partial charge is 0.359 e. The van der Waals surface area contributed by atoms with Gasteiger partial charge in [-0.1, -0.05) is 25.7 Å². The van der Waals surface area contributed by atoms with Crippen molar-refractivity contribution in [2.75, 3.05) is 27.2 Å². The summed E-state index contributed by atoms with van der Waals surface area (Å²) in [5.41, 5.74) is -0.115. The lowest BCUT2D eigenvalue weighted by Crippen LogP contribution is -2.53. The summed E-state index contributed by atoms with van der Waals surface area (Å²) in [7, 11) is 3.97. The monoisotopic (exact) mass is 324 g/mol. The molecule has 1 fully saturated rings. The molecule has 1 aliphatic carbocycles. The number of rotatable bonds is 6. The quantitative estimate of drug-likeness (QED) is 0.764. The molecule has 1 rings (SSSR count). The highest BCUT2D eigenvalue weighted by Gasteiger charge is 2.34. The van der Waals surface area contributed by atoms with E-state index in [0.29, 0.717) is 6.54 Å². The highest BCUT2D eigenvalue weighted by atomic mass is 19.4. The first-order valence-electron chi connectivity index (χ1n) is 7.80. The molecule has 1 atom stereocenters. The molecular weight excluding hydrogens is 297 g/mol. The normalized spacial score (nSPS) is 20.5. The Morgan fingerprint density at radius 2 is 1.77 bits per heavy atom. The van der Waals surface area contributed by atoms with Gasteiger partial charge in [0.15, 0.2) is 0 Å². The van der Waals surface area contributed by atoms with E-state index in [1.54, 1.807) is 0 Å². The van der Waals surface area contributed by atoms with Crippen molar-refractivity contribution >= 4 is 5.91 Å². The maximum atomic E-state index is 12.1. The number of carbonyl (C=O) groups is 1. The maximum Gasteiger partial charge on any atom is 0.411 e. The Morgan fingerprint density at radius 1 is 1.23 bits per heavy atom. The Kier molecular flexibility index (Phi) is 7.12. The van der Waals surface area contributed by atoms with Crippen molar-refractivity contribution in [1.29, 1.82) is 0 Å². The van der Waals surface area contributed by atoms with E-state index in [0.717, 1.165) is 25.7 Å². The highest BCUT2D eigenvalue weighted by Crippen LogP contribution is 2.30. The van der Waals surface area contributed by atoms with Gasteiger partial charge < -0.3 is 15.0 Å². The number of halogens is 3. The first-order chi connectivity index (χ1) is 10.2. The predicted molar refractivity (Wildman–Crippen MR) is 78.6 cm³/mol. The summed E-state index contributed by atoms with van der Waals surface area (Å²) >= 11 is 0. The molecule has 0 aromatic carbocycles. The average molecular weight is 324 g/mol. The minimum Gasteiger partial charge on any atom is -0.359 e. The summed E-state index contributed by atoms with van der Waals surface area (Å²) in [6.07, 6.45) is 1.04. The predicted octanol–water partition coefficient (Wildman–Crippen LogP) is 2.72. The molecule has 1 amide bonds. The Morgan fingerprint density at radius 3 is 2.23 bits per heavy atom. The van der Waals surface area contributed by atoms with Gasteiger partial charge in [-0.25, -0.2) is 0 Å². The second kappa shape index (κ2) is 8.15. The Bertz CT molecular complexity index is 351. The largest absolute Gasteiger partial charge is 0.411 e. The SMILES string of the molecule is C[C@H](OCC(F)(F)F)C(=O)NCC1(N(C)C)CCCCCC1. The fraction of sp³-hybridized carbons (Fsp3) is 0.933. The Hall–Kier alpha value is -0.820. The topological polar surface area (TPSA) is 41.6 Å². The second-order valence-electron chi connectivity index (χ2n) is 6.32. The van der Waals surface area contributed by atoms with Crippen LogP contribution in [0.5, 0.6) is 0 Å². The molecular formula is C15H27F3N2O2. The zero-order chi connectivity index (χ0) is 16.8. The van der Waals surface area contributed by atoms with E-state index < -0.39 is 24.8 Å². The Labute approximate surface area is 130 Å². The van der Waals surface area contributed by atoms with E-state index in [9.17, 15) is 18.0 Å². The van der Waals surface area contributed by atoms with E-state index in [4.69, 9.17) is 0 Å². The van der Waals surface area contributed by atoms with Crippen LogP contribution in [0.1, 0.15) is 45.4 Å². The number of nitrogens with one attached hydrogen (secondary N) is 1. The van der Waals surface area contributed by atoms with Crippen LogP contribution in [0.25, 0.3) is 0 Å². The lowest BCUT2D eigenvalue weighted by molar-refractivity contribution is -0.185. The van der Waals surface area contributed by atoms with Crippen molar-refractivity contribution in [2.45, 2.75) is 63.3 Å². The van der Waals surface area contributed by atoms with Gasteiger partial charge >= 0.3 is 6.18 Å². The molecule has 1 aliphatic rings. The third-order valence-corrected chi connectivity index (χ3v) is 4.44. The lowest BCUT2D eigenvalue weighted by Gasteiger charge is -2.40. The van der Waals surface area contributed by atoms with Crippen LogP contribution in [0.15, 0.2) is 0 Å². The third kappa shape index (κ3) is 6.12. The summed E-state index contributed by atoms with van der Waals surface area (Å²) in [5.74, 6) is -0.491. The molecule has 0 bridgehead atoms. The molecule has 1 N–H and O–H groups in total. The number of amides is 1. The standard InChI is InChI=1S/C15H27F3N2O2/c1-12(22-11-15(16,17)18)13(21)19-10-14(20(2)3)8-6-4-5-7-9-14/h12H,4-11H2,1-3H3,(H,19,21)/t12-/m0/s1. The van der Waals surface area contributed by atoms with Gasteiger partial charge in [-0.3, -0.25) is 4.79 Å². The molecule has 0 saturated heterocycles. The van der Waals surface area contributed by atoms with Gasteiger partial charge in [-0.15, -0.1) is 0 Å². The Balaban J connectivity index is 2.52. The van der Waals surface area contributed by atoms with Crippen molar-refractivity contribution in [3.63, 3.8) is 0 Å². The molecule has 130 valence electrons. The fourth-order valence-electron chi connectivity index (χ4n) is 2.86. The fourth-order valence-corrected chi connectivity index (χ4v) is 2.86. The van der Waals surface area contributed by atoms with E-state index in [2.05, 4.69) is 15.0 Å². The minimum absolute atomic E-state index is 0.115. The number of ether oxygens (including phenoxy) is 1. The molecule has 7 heteroatoms. The van der Waals surface area contributed by atoms with Crippen LogP contribution < -0.4 is 5.32 Å². The van der Waals surface area contributed by atoms with Crippen molar-refractivity contribution in [3.8, 4) is 0 Å². The number of hydrogen-bond acceptors (Lipinski definition) is 3. The van der Waals surface area contributed by atoms with Crippen molar-refractivity contribution < 1.29 is 22.7 Å². The number of nitrogens with zero attached hydrogens (tertiary/aromatic N) is 1. The minimum atomic E-state index is -4.42. The van der Waals surface area contributed by atoms with E-state index in [1.807, 2.05) is 14.1 Å². The first kappa shape index (κ1) is 19.2. The van der Waals surface area contributed by atoms with E-state index >= 15 is 0 Å². The molecule has 0 aliphatic heterocycles. The molecule has 4 nitrogen and oxygen atoms in total. The van der Waals surface area contributed by atoms with Crippen molar-refractivity contribution in [1.82, 2.24) is 10.2 Å². The average Bonchev–Trinajstić information content (AvgIpc) is 2.67. The second-order valence-corrected chi connectivity index (χ2v) is 6.32. The highest BCUT2D eigenvalue weighted by molar-refractivity contribution is 5.80. The molecule has 1 saturated carbocycles. The van der Waals surface area contributed by atoms with E-state index in [1.165, 1.54) is 19.8 Å². The van der Waals surface area contributed by atoms with Gasteiger partial charge in [-0.2, -0.15) is 13.2 Å². The van der Waals surface area contributed by atoms with Gasteiger partial charge in [0.05, 0.1) is 0 Å². The molecule has 0 aromatic heterocycles. The number of likely N-dealkylation sites (N-methyl/N-ethyl adjacent to an activating group) is 1. The van der Waals surface area contributed by atoms with Crippen LogP contribution in [0.3, 0.4) is 0 Å². The summed E-state index contributed by atoms with van der Waals surface area (Å²) in [5, 5.41) is 2.77. The summed E-state index contributed by atoms with van der Waals surface area (Å²) < 4.78 is 40.9. The zero-order valence-corrected chi connectivity index (χ0v) is 13.6. The van der Waals surface area contributed by atoms with Crippen LogP contribution >= 0.6 is 0 Å². The molecule has 0 spiro atoms. The van der Waals surface area contributed by atoms with Crippen molar-refractivity contribution in [3.05, 3.63) is 0 Å². The molecule has 0 radical (unpaired) electrons. The van der Waals surface area contributed by atoms with Gasteiger partial charge in [0, 0.05) is 12.1 Å². The summed E-state index contributed by atoms with van der Waals surface area (Å²) in [6.45, 7) is 0.384. The molecule has 22 heavy (non-hydrogen) atoms. The summed E-state index contributed by atoms with van der Waals surface area (Å²) in [4.78, 5) is 14.1. The first-order valence-corrected chi connectivity index (χ1v) is 7.80. The van der Waals surface area contributed by atoms with E-state index in [-0.39, 0.29) is 5.54 Å². The molecule has 0 aromatic rings. The van der Waals surface area contributed by atoms with Crippen LogP contribution in [0, 0.1) is 0 Å². The zero-order valence-electron chi connectivity index (χ0n) is 13.6. The molecule has 0 heterocycles. The lowest BCUT2D eigenvalue weighted by atomic mass is 9.88.